The highest BCUT2D eigenvalue weighted by Gasteiger charge is 2.37. The number of nitrogens with zero attached hydrogens (tertiary/aromatic N) is 2. The van der Waals surface area contributed by atoms with E-state index in [1.165, 1.54) is 10.7 Å². The van der Waals surface area contributed by atoms with E-state index in [0.717, 1.165) is 42.1 Å². The maximum atomic E-state index is 13.1. The van der Waals surface area contributed by atoms with Gasteiger partial charge in [0.1, 0.15) is 0 Å². The minimum atomic E-state index is -3.52. The average Bonchev–Trinajstić information content (AvgIpc) is 2.73. The van der Waals surface area contributed by atoms with Crippen LogP contribution in [0, 0.1) is 5.92 Å². The normalized spacial score (nSPS) is 22.3. The first-order chi connectivity index (χ1) is 13.4. The SMILES string of the molecule is CN(C1CCCCC1)S(=O)(=O)N1CCC[C@H](C(=O)NCc2ccccc2Br)C1. The fourth-order valence-electron chi connectivity index (χ4n) is 4.15. The molecule has 3 rings (SSSR count). The van der Waals surface area contributed by atoms with Crippen LogP contribution in [0.3, 0.4) is 0 Å². The fourth-order valence-corrected chi connectivity index (χ4v) is 6.25. The van der Waals surface area contributed by atoms with Crippen molar-refractivity contribution in [2.75, 3.05) is 20.1 Å². The van der Waals surface area contributed by atoms with Gasteiger partial charge < -0.3 is 5.32 Å². The van der Waals surface area contributed by atoms with Gasteiger partial charge in [0.05, 0.1) is 5.92 Å². The van der Waals surface area contributed by atoms with Gasteiger partial charge in [-0.1, -0.05) is 53.4 Å². The predicted molar refractivity (Wildman–Crippen MR) is 114 cm³/mol. The summed E-state index contributed by atoms with van der Waals surface area (Å²) in [5, 5.41) is 2.97. The number of rotatable bonds is 6. The van der Waals surface area contributed by atoms with Crippen LogP contribution in [0.1, 0.15) is 50.5 Å². The first kappa shape index (κ1) is 21.7. The van der Waals surface area contributed by atoms with E-state index in [-0.39, 0.29) is 24.4 Å². The Labute approximate surface area is 177 Å². The van der Waals surface area contributed by atoms with Crippen molar-refractivity contribution >= 4 is 32.0 Å². The molecule has 1 amide bonds. The summed E-state index contributed by atoms with van der Waals surface area (Å²) < 4.78 is 30.2. The number of amides is 1. The molecule has 0 unspecified atom stereocenters. The molecular formula is C20H30BrN3O3S. The zero-order chi connectivity index (χ0) is 20.1. The molecule has 0 aromatic heterocycles. The topological polar surface area (TPSA) is 69.7 Å². The van der Waals surface area contributed by atoms with Gasteiger partial charge in [0.25, 0.3) is 10.2 Å². The molecule has 2 fully saturated rings. The Morgan fingerprint density at radius 3 is 2.61 bits per heavy atom. The smallest absolute Gasteiger partial charge is 0.281 e. The lowest BCUT2D eigenvalue weighted by Crippen LogP contribution is -2.52. The lowest BCUT2D eigenvalue weighted by molar-refractivity contribution is -0.126. The van der Waals surface area contributed by atoms with Gasteiger partial charge in [-0.3, -0.25) is 4.79 Å². The summed E-state index contributed by atoms with van der Waals surface area (Å²) in [7, 11) is -1.83. The predicted octanol–water partition coefficient (Wildman–Crippen LogP) is 3.29. The third kappa shape index (κ3) is 5.14. The molecule has 1 aliphatic carbocycles. The summed E-state index contributed by atoms with van der Waals surface area (Å²) in [6.45, 7) is 1.19. The van der Waals surface area contributed by atoms with Crippen molar-refractivity contribution in [3.05, 3.63) is 34.3 Å². The van der Waals surface area contributed by atoms with Crippen LogP contribution in [0.5, 0.6) is 0 Å². The maximum Gasteiger partial charge on any atom is 0.281 e. The van der Waals surface area contributed by atoms with Crippen LogP contribution in [0.25, 0.3) is 0 Å². The minimum absolute atomic E-state index is 0.0732. The van der Waals surface area contributed by atoms with Crippen molar-refractivity contribution in [3.8, 4) is 0 Å². The maximum absolute atomic E-state index is 13.1. The van der Waals surface area contributed by atoms with Gasteiger partial charge >= 0.3 is 0 Å². The Kier molecular flexibility index (Phi) is 7.53. The molecular weight excluding hydrogens is 442 g/mol. The van der Waals surface area contributed by atoms with Crippen LogP contribution in [0.15, 0.2) is 28.7 Å². The van der Waals surface area contributed by atoms with E-state index >= 15 is 0 Å². The molecule has 1 aliphatic heterocycles. The molecule has 1 aromatic rings. The zero-order valence-corrected chi connectivity index (χ0v) is 18.8. The third-order valence-corrected chi connectivity index (χ3v) is 8.73. The first-order valence-corrected chi connectivity index (χ1v) is 12.3. The quantitative estimate of drug-likeness (QED) is 0.691. The summed E-state index contributed by atoms with van der Waals surface area (Å²) in [5.74, 6) is -0.373. The lowest BCUT2D eigenvalue weighted by Gasteiger charge is -2.37. The van der Waals surface area contributed by atoms with Gasteiger partial charge in [-0.2, -0.15) is 17.0 Å². The number of carbonyl (C=O) groups excluding carboxylic acids is 1. The number of benzene rings is 1. The number of hydrogen-bond acceptors (Lipinski definition) is 3. The molecule has 1 N–H and O–H groups in total. The highest BCUT2D eigenvalue weighted by molar-refractivity contribution is 9.10. The number of carbonyl (C=O) groups is 1. The van der Waals surface area contributed by atoms with Crippen LogP contribution in [0.4, 0.5) is 0 Å². The van der Waals surface area contributed by atoms with E-state index in [9.17, 15) is 13.2 Å². The average molecular weight is 472 g/mol. The molecule has 1 aromatic carbocycles. The van der Waals surface area contributed by atoms with Gasteiger partial charge in [-0.15, -0.1) is 0 Å². The zero-order valence-electron chi connectivity index (χ0n) is 16.4. The second-order valence-corrected chi connectivity index (χ2v) is 10.7. The van der Waals surface area contributed by atoms with Crippen LogP contribution < -0.4 is 5.32 Å². The highest BCUT2D eigenvalue weighted by Crippen LogP contribution is 2.27. The first-order valence-electron chi connectivity index (χ1n) is 10.1. The fraction of sp³-hybridized carbons (Fsp3) is 0.650. The standard InChI is InChI=1S/C20H30BrN3O3S/c1-23(18-10-3-2-4-11-18)28(26,27)24-13-7-9-17(15-24)20(25)22-14-16-8-5-6-12-19(16)21/h5-6,8,12,17-18H,2-4,7,9-11,13-15H2,1H3,(H,22,25)/t17-/m0/s1. The Morgan fingerprint density at radius 2 is 1.89 bits per heavy atom. The number of nitrogens with one attached hydrogen (secondary N) is 1. The molecule has 28 heavy (non-hydrogen) atoms. The minimum Gasteiger partial charge on any atom is -0.352 e. The van der Waals surface area contributed by atoms with Gasteiger partial charge in [0.15, 0.2) is 0 Å². The van der Waals surface area contributed by atoms with Gasteiger partial charge in [0, 0.05) is 37.2 Å². The monoisotopic (exact) mass is 471 g/mol. The van der Waals surface area contributed by atoms with Crippen molar-refractivity contribution in [2.45, 2.75) is 57.5 Å². The lowest BCUT2D eigenvalue weighted by atomic mass is 9.96. The van der Waals surface area contributed by atoms with E-state index in [2.05, 4.69) is 21.2 Å². The van der Waals surface area contributed by atoms with Crippen molar-refractivity contribution in [2.24, 2.45) is 5.92 Å². The van der Waals surface area contributed by atoms with Crippen molar-refractivity contribution < 1.29 is 13.2 Å². The summed E-state index contributed by atoms with van der Waals surface area (Å²) >= 11 is 3.49. The number of halogens is 1. The third-order valence-electron chi connectivity index (χ3n) is 5.94. The Morgan fingerprint density at radius 1 is 1.18 bits per heavy atom. The molecule has 1 saturated heterocycles. The Balaban J connectivity index is 1.59. The Bertz CT molecular complexity index is 781. The van der Waals surface area contributed by atoms with Crippen molar-refractivity contribution in [1.29, 1.82) is 0 Å². The van der Waals surface area contributed by atoms with E-state index in [1.807, 2.05) is 24.3 Å². The number of piperidine rings is 1. The van der Waals surface area contributed by atoms with E-state index in [4.69, 9.17) is 0 Å². The Hall–Kier alpha value is -0.960. The molecule has 1 saturated carbocycles. The molecule has 0 spiro atoms. The highest BCUT2D eigenvalue weighted by atomic mass is 79.9. The van der Waals surface area contributed by atoms with Gasteiger partial charge in [-0.25, -0.2) is 0 Å². The number of hydrogen-bond donors (Lipinski definition) is 1. The van der Waals surface area contributed by atoms with E-state index in [0.29, 0.717) is 19.5 Å². The van der Waals surface area contributed by atoms with Crippen LogP contribution in [0.2, 0.25) is 0 Å². The molecule has 0 radical (unpaired) electrons. The van der Waals surface area contributed by atoms with Crippen LogP contribution in [-0.2, 0) is 21.5 Å². The van der Waals surface area contributed by atoms with Gasteiger partial charge in [-0.05, 0) is 37.3 Å². The summed E-state index contributed by atoms with van der Waals surface area (Å²) in [6.07, 6.45) is 6.66. The van der Waals surface area contributed by atoms with Gasteiger partial charge in [0.2, 0.25) is 5.91 Å². The molecule has 8 heteroatoms. The van der Waals surface area contributed by atoms with Crippen LogP contribution >= 0.6 is 15.9 Å². The molecule has 6 nitrogen and oxygen atoms in total. The molecule has 1 atom stereocenters. The molecule has 156 valence electrons. The summed E-state index contributed by atoms with van der Waals surface area (Å²) in [6, 6.07) is 7.85. The molecule has 2 aliphatic rings. The van der Waals surface area contributed by atoms with E-state index in [1.54, 1.807) is 11.4 Å². The van der Waals surface area contributed by atoms with Crippen molar-refractivity contribution in [3.63, 3.8) is 0 Å². The second-order valence-electron chi connectivity index (χ2n) is 7.82. The summed E-state index contributed by atoms with van der Waals surface area (Å²) in [5.41, 5.74) is 1.01. The second kappa shape index (κ2) is 9.69. The molecule has 1 heterocycles. The van der Waals surface area contributed by atoms with E-state index < -0.39 is 10.2 Å². The largest absolute Gasteiger partial charge is 0.352 e. The van der Waals surface area contributed by atoms with Crippen molar-refractivity contribution in [1.82, 2.24) is 13.9 Å². The summed E-state index contributed by atoms with van der Waals surface area (Å²) in [4.78, 5) is 12.7. The molecule has 0 bridgehead atoms. The van der Waals surface area contributed by atoms with Crippen LogP contribution in [-0.4, -0.2) is 49.1 Å².